The molecule has 1 heterocycles. The van der Waals surface area contributed by atoms with Crippen molar-refractivity contribution < 1.29 is 9.53 Å². The highest BCUT2D eigenvalue weighted by atomic mass is 32.2. The van der Waals surface area contributed by atoms with Gasteiger partial charge in [0.25, 0.3) is 5.91 Å². The number of aryl methyl sites for hydroxylation is 2. The molecule has 7 heteroatoms. The Hall–Kier alpha value is -2.02. The van der Waals surface area contributed by atoms with Crippen molar-refractivity contribution >= 4 is 17.7 Å². The second-order valence-corrected chi connectivity index (χ2v) is 9.12. The van der Waals surface area contributed by atoms with Gasteiger partial charge in [-0.15, -0.1) is 10.2 Å². The Balaban J connectivity index is 1.46. The fourth-order valence-electron chi connectivity index (χ4n) is 4.06. The molecular weight excluding hydrogens is 396 g/mol. The van der Waals surface area contributed by atoms with Gasteiger partial charge in [0.1, 0.15) is 11.6 Å². The van der Waals surface area contributed by atoms with E-state index in [0.29, 0.717) is 18.5 Å². The number of aromatic nitrogens is 3. The van der Waals surface area contributed by atoms with E-state index in [1.54, 1.807) is 11.8 Å². The predicted molar refractivity (Wildman–Crippen MR) is 121 cm³/mol. The number of nitrogens with one attached hydrogen (secondary N) is 1. The molecule has 0 saturated heterocycles. The van der Waals surface area contributed by atoms with Gasteiger partial charge in [-0.2, -0.15) is 0 Å². The minimum atomic E-state index is -0.0896. The van der Waals surface area contributed by atoms with Crippen molar-refractivity contribution in [3.05, 3.63) is 35.2 Å². The normalized spacial score (nSPS) is 14.4. The molecule has 1 aliphatic rings. The zero-order chi connectivity index (χ0) is 21.5. The van der Waals surface area contributed by atoms with Crippen molar-refractivity contribution in [2.45, 2.75) is 76.4 Å². The van der Waals surface area contributed by atoms with E-state index >= 15 is 0 Å². The standard InChI is InChI=1S/C23H34N4O2S/c1-16(2)19-12-11-17(3)14-20(19)29-15-22(28)24-13-7-10-21-25-26-23(30-4)27(21)18-8-5-6-9-18/h11-12,14,16,18H,5-10,13,15H2,1-4H3,(H,24,28). The average Bonchev–Trinajstić information content (AvgIpc) is 3.38. The molecule has 1 aromatic heterocycles. The van der Waals surface area contributed by atoms with Crippen LogP contribution in [0, 0.1) is 6.92 Å². The Morgan fingerprint density at radius 1 is 1.30 bits per heavy atom. The van der Waals surface area contributed by atoms with E-state index < -0.39 is 0 Å². The maximum Gasteiger partial charge on any atom is 0.257 e. The van der Waals surface area contributed by atoms with Crippen LogP contribution in [0.5, 0.6) is 5.75 Å². The van der Waals surface area contributed by atoms with Gasteiger partial charge >= 0.3 is 0 Å². The highest BCUT2D eigenvalue weighted by Crippen LogP contribution is 2.33. The number of thioether (sulfide) groups is 1. The summed E-state index contributed by atoms with van der Waals surface area (Å²) in [6, 6.07) is 6.69. The van der Waals surface area contributed by atoms with Crippen molar-refractivity contribution in [3.63, 3.8) is 0 Å². The van der Waals surface area contributed by atoms with Gasteiger partial charge in [-0.05, 0) is 55.6 Å². The molecule has 0 radical (unpaired) electrons. The first-order chi connectivity index (χ1) is 14.5. The molecule has 6 nitrogen and oxygen atoms in total. The quantitative estimate of drug-likeness (QED) is 0.438. The fourth-order valence-corrected chi connectivity index (χ4v) is 4.63. The van der Waals surface area contributed by atoms with Crippen LogP contribution in [0.25, 0.3) is 0 Å². The van der Waals surface area contributed by atoms with E-state index in [1.165, 1.54) is 25.7 Å². The highest BCUT2D eigenvalue weighted by Gasteiger charge is 2.23. The van der Waals surface area contributed by atoms with E-state index in [0.717, 1.165) is 40.7 Å². The Labute approximate surface area is 184 Å². The van der Waals surface area contributed by atoms with Crippen LogP contribution < -0.4 is 10.1 Å². The molecule has 1 N–H and O–H groups in total. The van der Waals surface area contributed by atoms with Crippen molar-refractivity contribution in [2.75, 3.05) is 19.4 Å². The Bertz CT molecular complexity index is 844. The van der Waals surface area contributed by atoms with Crippen molar-refractivity contribution in [3.8, 4) is 5.75 Å². The first-order valence-corrected chi connectivity index (χ1v) is 12.2. The molecule has 0 unspecified atom stereocenters. The van der Waals surface area contributed by atoms with Crippen LogP contribution in [-0.4, -0.2) is 40.1 Å². The van der Waals surface area contributed by atoms with Gasteiger partial charge in [-0.3, -0.25) is 4.79 Å². The summed E-state index contributed by atoms with van der Waals surface area (Å²) >= 11 is 1.66. The second kappa shape index (κ2) is 10.8. The van der Waals surface area contributed by atoms with Crippen LogP contribution in [0.3, 0.4) is 0 Å². The first kappa shape index (κ1) is 22.7. The third-order valence-electron chi connectivity index (χ3n) is 5.66. The van der Waals surface area contributed by atoms with Crippen LogP contribution in [-0.2, 0) is 11.2 Å². The molecular formula is C23H34N4O2S. The zero-order valence-electron chi connectivity index (χ0n) is 18.6. The summed E-state index contributed by atoms with van der Waals surface area (Å²) < 4.78 is 8.15. The lowest BCUT2D eigenvalue weighted by Crippen LogP contribution is -2.30. The van der Waals surface area contributed by atoms with E-state index in [-0.39, 0.29) is 12.5 Å². The monoisotopic (exact) mass is 430 g/mol. The average molecular weight is 431 g/mol. The molecule has 1 fully saturated rings. The molecule has 1 amide bonds. The van der Waals surface area contributed by atoms with E-state index in [1.807, 2.05) is 13.0 Å². The molecule has 164 valence electrons. The lowest BCUT2D eigenvalue weighted by atomic mass is 10.0. The Morgan fingerprint density at radius 3 is 2.77 bits per heavy atom. The number of carbonyl (C=O) groups is 1. The SMILES string of the molecule is CSc1nnc(CCCNC(=O)COc2cc(C)ccc2C(C)C)n1C1CCCC1. The van der Waals surface area contributed by atoms with Crippen LogP contribution >= 0.6 is 11.8 Å². The smallest absolute Gasteiger partial charge is 0.257 e. The van der Waals surface area contributed by atoms with Crippen LogP contribution in [0.1, 0.15) is 74.9 Å². The molecule has 0 aliphatic heterocycles. The number of amides is 1. The molecule has 1 saturated carbocycles. The zero-order valence-corrected chi connectivity index (χ0v) is 19.4. The number of nitrogens with zero attached hydrogens (tertiary/aromatic N) is 3. The summed E-state index contributed by atoms with van der Waals surface area (Å²) in [4.78, 5) is 12.2. The van der Waals surface area contributed by atoms with Gasteiger partial charge in [0, 0.05) is 19.0 Å². The summed E-state index contributed by atoms with van der Waals surface area (Å²) in [5, 5.41) is 12.7. The van der Waals surface area contributed by atoms with Gasteiger partial charge in [-0.25, -0.2) is 0 Å². The summed E-state index contributed by atoms with van der Waals surface area (Å²) in [6.45, 7) is 6.94. The first-order valence-electron chi connectivity index (χ1n) is 11.0. The lowest BCUT2D eigenvalue weighted by molar-refractivity contribution is -0.123. The number of hydrogen-bond acceptors (Lipinski definition) is 5. The van der Waals surface area contributed by atoms with Gasteiger partial charge < -0.3 is 14.6 Å². The number of ether oxygens (including phenoxy) is 1. The van der Waals surface area contributed by atoms with Gasteiger partial charge in [0.2, 0.25) is 0 Å². The van der Waals surface area contributed by atoms with E-state index in [2.05, 4.69) is 52.3 Å². The number of rotatable bonds is 10. The second-order valence-electron chi connectivity index (χ2n) is 8.35. The predicted octanol–water partition coefficient (Wildman–Crippen LogP) is 4.67. The molecule has 30 heavy (non-hydrogen) atoms. The summed E-state index contributed by atoms with van der Waals surface area (Å²) in [5.41, 5.74) is 2.26. The largest absolute Gasteiger partial charge is 0.483 e. The van der Waals surface area contributed by atoms with Crippen LogP contribution in [0.2, 0.25) is 0 Å². The van der Waals surface area contributed by atoms with E-state index in [9.17, 15) is 4.79 Å². The summed E-state index contributed by atoms with van der Waals surface area (Å²) in [7, 11) is 0. The maximum atomic E-state index is 12.2. The van der Waals surface area contributed by atoms with Gasteiger partial charge in [0.05, 0.1) is 0 Å². The summed E-state index contributed by atoms with van der Waals surface area (Å²) in [5.74, 6) is 2.10. The molecule has 0 spiro atoms. The molecule has 3 rings (SSSR count). The maximum absolute atomic E-state index is 12.2. The van der Waals surface area contributed by atoms with Gasteiger partial charge in [0.15, 0.2) is 11.8 Å². The topological polar surface area (TPSA) is 69.0 Å². The molecule has 2 aromatic rings. The van der Waals surface area contributed by atoms with E-state index in [4.69, 9.17) is 4.74 Å². The number of carbonyl (C=O) groups excluding carboxylic acids is 1. The van der Waals surface area contributed by atoms with Crippen LogP contribution in [0.15, 0.2) is 23.4 Å². The Morgan fingerprint density at radius 2 is 2.07 bits per heavy atom. The molecule has 1 aliphatic carbocycles. The van der Waals surface area contributed by atoms with Crippen molar-refractivity contribution in [2.24, 2.45) is 0 Å². The van der Waals surface area contributed by atoms with Gasteiger partial charge in [-0.1, -0.05) is 50.6 Å². The van der Waals surface area contributed by atoms with Crippen LogP contribution in [0.4, 0.5) is 0 Å². The number of benzene rings is 1. The third kappa shape index (κ3) is 5.78. The molecule has 0 bridgehead atoms. The third-order valence-corrected chi connectivity index (χ3v) is 6.30. The summed E-state index contributed by atoms with van der Waals surface area (Å²) in [6.07, 6.45) is 8.71. The van der Waals surface area contributed by atoms with Crippen molar-refractivity contribution in [1.82, 2.24) is 20.1 Å². The highest BCUT2D eigenvalue weighted by molar-refractivity contribution is 7.98. The molecule has 1 aromatic carbocycles. The van der Waals surface area contributed by atoms with Crippen molar-refractivity contribution in [1.29, 1.82) is 0 Å². The minimum Gasteiger partial charge on any atom is -0.483 e. The Kier molecular flexibility index (Phi) is 8.19. The minimum absolute atomic E-state index is 0.0397. The number of hydrogen-bond donors (Lipinski definition) is 1. The molecule has 0 atom stereocenters. The lowest BCUT2D eigenvalue weighted by Gasteiger charge is -2.16. The fraction of sp³-hybridized carbons (Fsp3) is 0.609.